The third-order valence-electron chi connectivity index (χ3n) is 2.22. The fourth-order valence-electron chi connectivity index (χ4n) is 1.50. The molecule has 0 atom stereocenters. The van der Waals surface area contributed by atoms with Crippen LogP contribution in [-0.2, 0) is 0 Å². The number of carbonyl (C=O) groups is 1. The van der Waals surface area contributed by atoms with Gasteiger partial charge in [-0.15, -0.1) is 0 Å². The van der Waals surface area contributed by atoms with E-state index in [9.17, 15) is 9.18 Å². The third kappa shape index (κ3) is 1.92. The Morgan fingerprint density at radius 1 is 1.36 bits per heavy atom. The second-order valence-electron chi connectivity index (χ2n) is 2.97. The topological polar surface area (TPSA) is 20.3 Å². The molecule has 0 amide bonds. The van der Waals surface area contributed by atoms with E-state index in [1.807, 2.05) is 18.7 Å². The highest BCUT2D eigenvalue weighted by Gasteiger charge is 2.12. The predicted octanol–water partition coefficient (Wildman–Crippen LogP) is 2.48. The lowest BCUT2D eigenvalue weighted by Gasteiger charge is -2.22. The third-order valence-corrected chi connectivity index (χ3v) is 2.22. The Kier molecular flexibility index (Phi) is 3.63. The summed E-state index contributed by atoms with van der Waals surface area (Å²) in [4.78, 5) is 12.6. The monoisotopic (exact) mass is 195 g/mol. The quantitative estimate of drug-likeness (QED) is 0.688. The van der Waals surface area contributed by atoms with Gasteiger partial charge in [0.25, 0.3) is 0 Å². The first-order valence-corrected chi connectivity index (χ1v) is 4.73. The van der Waals surface area contributed by atoms with Crippen molar-refractivity contribution in [2.75, 3.05) is 18.0 Å². The van der Waals surface area contributed by atoms with Gasteiger partial charge in [0.2, 0.25) is 0 Å². The molecule has 1 aromatic rings. The molecule has 0 saturated heterocycles. The Balaban J connectivity index is 3.21. The summed E-state index contributed by atoms with van der Waals surface area (Å²) in [5.41, 5.74) is 0.821. The summed E-state index contributed by atoms with van der Waals surface area (Å²) in [7, 11) is 0. The maximum atomic E-state index is 13.5. The Bertz CT molecular complexity index is 321. The summed E-state index contributed by atoms with van der Waals surface area (Å²) in [6.45, 7) is 5.26. The number of hydrogen-bond donors (Lipinski definition) is 0. The van der Waals surface area contributed by atoms with Crippen molar-refractivity contribution in [2.24, 2.45) is 0 Å². The number of halogens is 1. The number of rotatable bonds is 4. The van der Waals surface area contributed by atoms with E-state index in [0.717, 1.165) is 0 Å². The van der Waals surface area contributed by atoms with E-state index in [-0.39, 0.29) is 5.82 Å². The minimum absolute atomic E-state index is 0.335. The van der Waals surface area contributed by atoms with Crippen molar-refractivity contribution >= 4 is 12.0 Å². The summed E-state index contributed by atoms with van der Waals surface area (Å²) in [6, 6.07) is 4.55. The molecule has 0 aliphatic heterocycles. The van der Waals surface area contributed by atoms with E-state index in [0.29, 0.717) is 30.6 Å². The maximum Gasteiger partial charge on any atom is 0.152 e. The molecule has 0 spiro atoms. The first kappa shape index (κ1) is 10.7. The van der Waals surface area contributed by atoms with E-state index in [2.05, 4.69) is 0 Å². The van der Waals surface area contributed by atoms with Crippen molar-refractivity contribution in [1.29, 1.82) is 0 Å². The zero-order valence-corrected chi connectivity index (χ0v) is 8.46. The van der Waals surface area contributed by atoms with Crippen LogP contribution in [0.5, 0.6) is 0 Å². The molecule has 0 aliphatic carbocycles. The van der Waals surface area contributed by atoms with Crippen molar-refractivity contribution in [3.8, 4) is 0 Å². The fraction of sp³-hybridized carbons (Fsp3) is 0.364. The Morgan fingerprint density at radius 2 is 2.00 bits per heavy atom. The number of hydrogen-bond acceptors (Lipinski definition) is 2. The molecule has 1 rings (SSSR count). The largest absolute Gasteiger partial charge is 0.369 e. The molecule has 0 fully saturated rings. The molecular formula is C11H14FNO. The molecule has 14 heavy (non-hydrogen) atoms. The second-order valence-corrected chi connectivity index (χ2v) is 2.97. The highest BCUT2D eigenvalue weighted by molar-refractivity contribution is 5.84. The van der Waals surface area contributed by atoms with Gasteiger partial charge in [0.15, 0.2) is 6.29 Å². The molecule has 1 aromatic carbocycles. The molecule has 76 valence electrons. The van der Waals surface area contributed by atoms with Gasteiger partial charge in [-0.1, -0.05) is 6.07 Å². The van der Waals surface area contributed by atoms with Gasteiger partial charge < -0.3 is 4.90 Å². The van der Waals surface area contributed by atoms with Crippen molar-refractivity contribution in [3.05, 3.63) is 29.6 Å². The lowest BCUT2D eigenvalue weighted by Crippen LogP contribution is -2.24. The number of para-hydroxylation sites is 1. The normalized spacial score (nSPS) is 9.93. The van der Waals surface area contributed by atoms with Gasteiger partial charge >= 0.3 is 0 Å². The van der Waals surface area contributed by atoms with Crippen LogP contribution in [0.2, 0.25) is 0 Å². The van der Waals surface area contributed by atoms with E-state index in [4.69, 9.17) is 0 Å². The molecule has 0 saturated carbocycles. The molecule has 0 aliphatic rings. The Labute approximate surface area is 83.3 Å². The molecule has 0 aromatic heterocycles. The molecular weight excluding hydrogens is 181 g/mol. The first-order valence-electron chi connectivity index (χ1n) is 4.73. The Hall–Kier alpha value is -1.38. The molecule has 0 bridgehead atoms. The SMILES string of the molecule is CCN(CC)c1c(F)cccc1C=O. The van der Waals surface area contributed by atoms with Gasteiger partial charge in [-0.25, -0.2) is 4.39 Å². The smallest absolute Gasteiger partial charge is 0.152 e. The summed E-state index contributed by atoms with van der Waals surface area (Å²) >= 11 is 0. The molecule has 0 unspecified atom stereocenters. The van der Waals surface area contributed by atoms with Crippen molar-refractivity contribution < 1.29 is 9.18 Å². The highest BCUT2D eigenvalue weighted by Crippen LogP contribution is 2.22. The summed E-state index contributed by atoms with van der Waals surface area (Å²) in [5, 5.41) is 0. The van der Waals surface area contributed by atoms with Crippen LogP contribution in [0.25, 0.3) is 0 Å². The van der Waals surface area contributed by atoms with E-state index in [1.165, 1.54) is 6.07 Å². The van der Waals surface area contributed by atoms with Crippen LogP contribution in [0.1, 0.15) is 24.2 Å². The minimum Gasteiger partial charge on any atom is -0.369 e. The minimum atomic E-state index is -0.335. The number of aldehydes is 1. The van der Waals surface area contributed by atoms with E-state index < -0.39 is 0 Å². The number of nitrogens with zero attached hydrogens (tertiary/aromatic N) is 1. The number of benzene rings is 1. The lowest BCUT2D eigenvalue weighted by molar-refractivity contribution is 0.112. The van der Waals surface area contributed by atoms with E-state index >= 15 is 0 Å². The van der Waals surface area contributed by atoms with Gasteiger partial charge in [-0.3, -0.25) is 4.79 Å². The van der Waals surface area contributed by atoms with Gasteiger partial charge in [0, 0.05) is 18.7 Å². The van der Waals surface area contributed by atoms with Gasteiger partial charge in [-0.05, 0) is 26.0 Å². The lowest BCUT2D eigenvalue weighted by atomic mass is 10.1. The van der Waals surface area contributed by atoms with Gasteiger partial charge in [-0.2, -0.15) is 0 Å². The maximum absolute atomic E-state index is 13.5. The highest BCUT2D eigenvalue weighted by atomic mass is 19.1. The van der Waals surface area contributed by atoms with Crippen LogP contribution in [0.3, 0.4) is 0 Å². The molecule has 3 heteroatoms. The molecule has 0 heterocycles. The fourth-order valence-corrected chi connectivity index (χ4v) is 1.50. The van der Waals surface area contributed by atoms with Crippen LogP contribution < -0.4 is 4.90 Å². The molecule has 0 radical (unpaired) electrons. The first-order chi connectivity index (χ1) is 6.74. The van der Waals surface area contributed by atoms with Crippen molar-refractivity contribution in [3.63, 3.8) is 0 Å². The van der Waals surface area contributed by atoms with Crippen LogP contribution in [0.4, 0.5) is 10.1 Å². The van der Waals surface area contributed by atoms with Crippen LogP contribution in [0.15, 0.2) is 18.2 Å². The zero-order chi connectivity index (χ0) is 10.6. The summed E-state index contributed by atoms with van der Waals surface area (Å²) in [6.07, 6.45) is 0.691. The molecule has 0 N–H and O–H groups in total. The van der Waals surface area contributed by atoms with Crippen molar-refractivity contribution in [1.82, 2.24) is 0 Å². The van der Waals surface area contributed by atoms with Gasteiger partial charge in [0.1, 0.15) is 5.82 Å². The van der Waals surface area contributed by atoms with Crippen LogP contribution in [0, 0.1) is 5.82 Å². The van der Waals surface area contributed by atoms with Crippen LogP contribution in [-0.4, -0.2) is 19.4 Å². The summed E-state index contributed by atoms with van der Waals surface area (Å²) in [5.74, 6) is -0.335. The van der Waals surface area contributed by atoms with Crippen LogP contribution >= 0.6 is 0 Å². The number of anilines is 1. The standard InChI is InChI=1S/C11H14FNO/c1-3-13(4-2)11-9(8-14)6-5-7-10(11)12/h5-8H,3-4H2,1-2H3. The molecule has 2 nitrogen and oxygen atoms in total. The van der Waals surface area contributed by atoms with Gasteiger partial charge in [0.05, 0.1) is 5.69 Å². The number of carbonyl (C=O) groups excluding carboxylic acids is 1. The average Bonchev–Trinajstić information content (AvgIpc) is 2.22. The summed E-state index contributed by atoms with van der Waals surface area (Å²) < 4.78 is 13.5. The zero-order valence-electron chi connectivity index (χ0n) is 8.46. The Morgan fingerprint density at radius 3 is 2.50 bits per heavy atom. The average molecular weight is 195 g/mol. The predicted molar refractivity (Wildman–Crippen MR) is 55.3 cm³/mol. The van der Waals surface area contributed by atoms with Crippen molar-refractivity contribution in [2.45, 2.75) is 13.8 Å². The van der Waals surface area contributed by atoms with E-state index in [1.54, 1.807) is 12.1 Å². The second kappa shape index (κ2) is 4.74.